The minimum Gasteiger partial charge on any atom is -0.329 e. The molecule has 0 bridgehead atoms. The van der Waals surface area contributed by atoms with E-state index in [-0.39, 0.29) is 6.04 Å². The fraction of sp³-hybridized carbons (Fsp3) is 0.538. The van der Waals surface area contributed by atoms with Crippen LogP contribution in [0.4, 0.5) is 0 Å². The zero-order valence-electron chi connectivity index (χ0n) is 10.2. The summed E-state index contributed by atoms with van der Waals surface area (Å²) in [7, 11) is 0. The number of nitrogens with zero attached hydrogens (tertiary/aromatic N) is 1. The smallest absolute Gasteiger partial charge is 0.0485 e. The molecule has 1 aliphatic heterocycles. The van der Waals surface area contributed by atoms with Gasteiger partial charge in [-0.25, -0.2) is 0 Å². The fourth-order valence-corrected chi connectivity index (χ4v) is 3.84. The van der Waals surface area contributed by atoms with Crippen LogP contribution in [0.5, 0.6) is 0 Å². The molecule has 0 radical (unpaired) electrons. The van der Waals surface area contributed by atoms with Gasteiger partial charge < -0.3 is 5.73 Å². The van der Waals surface area contributed by atoms with Gasteiger partial charge in [-0.3, -0.25) is 4.90 Å². The van der Waals surface area contributed by atoms with Gasteiger partial charge in [0.25, 0.3) is 0 Å². The lowest BCUT2D eigenvalue weighted by Crippen LogP contribution is -2.35. The molecule has 2 N–H and O–H groups in total. The van der Waals surface area contributed by atoms with Crippen LogP contribution < -0.4 is 5.73 Å². The second kappa shape index (κ2) is 7.15. The molecule has 0 amide bonds. The first kappa shape index (κ1) is 14.7. The van der Waals surface area contributed by atoms with Crippen LogP contribution in [0.15, 0.2) is 22.7 Å². The molecule has 1 aliphatic rings. The van der Waals surface area contributed by atoms with E-state index in [0.717, 1.165) is 28.1 Å². The van der Waals surface area contributed by atoms with Gasteiger partial charge in [-0.05, 0) is 42.5 Å². The maximum atomic E-state index is 6.32. The lowest BCUT2D eigenvalue weighted by Gasteiger charge is -2.30. The Hall–Kier alpha value is 0.260. The van der Waals surface area contributed by atoms with Crippen molar-refractivity contribution in [3.63, 3.8) is 0 Å². The molecule has 2 nitrogen and oxygen atoms in total. The van der Waals surface area contributed by atoms with Crippen LogP contribution in [0, 0.1) is 0 Å². The van der Waals surface area contributed by atoms with Crippen molar-refractivity contribution >= 4 is 39.3 Å². The van der Waals surface area contributed by atoms with Crippen LogP contribution in [0.3, 0.4) is 0 Å². The molecule has 100 valence electrons. The Labute approximate surface area is 126 Å². The zero-order valence-corrected chi connectivity index (χ0v) is 13.4. The van der Waals surface area contributed by atoms with Gasteiger partial charge in [-0.1, -0.05) is 27.5 Å². The average Bonchev–Trinajstić information content (AvgIpc) is 2.64. The second-order valence-corrected chi connectivity index (χ2v) is 6.97. The van der Waals surface area contributed by atoms with Gasteiger partial charge in [0.05, 0.1) is 0 Å². The number of benzene rings is 1. The maximum Gasteiger partial charge on any atom is 0.0485 e. The molecule has 1 aromatic rings. The number of hydrogen-bond acceptors (Lipinski definition) is 3. The normalized spacial score (nSPS) is 19.5. The van der Waals surface area contributed by atoms with Gasteiger partial charge in [-0.2, -0.15) is 11.8 Å². The third kappa shape index (κ3) is 3.64. The van der Waals surface area contributed by atoms with E-state index in [9.17, 15) is 0 Å². The molecule has 1 fully saturated rings. The van der Waals surface area contributed by atoms with E-state index in [1.165, 1.54) is 17.9 Å². The Balaban J connectivity index is 2.23. The summed E-state index contributed by atoms with van der Waals surface area (Å²) < 4.78 is 1.06. The van der Waals surface area contributed by atoms with Crippen LogP contribution >= 0.6 is 39.3 Å². The number of nitrogens with two attached hydrogens (primary N) is 1. The molecule has 1 unspecified atom stereocenters. The van der Waals surface area contributed by atoms with Crippen LogP contribution in [-0.4, -0.2) is 36.0 Å². The highest BCUT2D eigenvalue weighted by atomic mass is 79.9. The van der Waals surface area contributed by atoms with Crippen molar-refractivity contribution in [1.29, 1.82) is 0 Å². The van der Waals surface area contributed by atoms with E-state index >= 15 is 0 Å². The van der Waals surface area contributed by atoms with Gasteiger partial charge in [-0.15, -0.1) is 0 Å². The molecule has 0 saturated carbocycles. The van der Waals surface area contributed by atoms with E-state index in [0.29, 0.717) is 6.54 Å². The number of thioether (sulfide) groups is 1. The van der Waals surface area contributed by atoms with Crippen molar-refractivity contribution < 1.29 is 0 Å². The van der Waals surface area contributed by atoms with Gasteiger partial charge in [0.2, 0.25) is 0 Å². The highest BCUT2D eigenvalue weighted by molar-refractivity contribution is 9.10. The number of rotatable bonds is 3. The maximum absolute atomic E-state index is 6.32. The van der Waals surface area contributed by atoms with Crippen molar-refractivity contribution in [2.24, 2.45) is 5.73 Å². The van der Waals surface area contributed by atoms with Crippen LogP contribution in [0.25, 0.3) is 0 Å². The van der Waals surface area contributed by atoms with E-state index in [1.807, 2.05) is 23.9 Å². The van der Waals surface area contributed by atoms with Gasteiger partial charge >= 0.3 is 0 Å². The molecule has 1 heterocycles. The van der Waals surface area contributed by atoms with Crippen molar-refractivity contribution in [2.75, 3.05) is 31.1 Å². The predicted octanol–water partition coefficient (Wildman–Crippen LogP) is 3.54. The Morgan fingerprint density at radius 2 is 2.22 bits per heavy atom. The van der Waals surface area contributed by atoms with Crippen molar-refractivity contribution in [1.82, 2.24) is 4.90 Å². The third-order valence-corrected chi connectivity index (χ3v) is 5.12. The molecule has 0 aromatic heterocycles. The second-order valence-electron chi connectivity index (χ2n) is 4.42. The topological polar surface area (TPSA) is 29.3 Å². The summed E-state index contributed by atoms with van der Waals surface area (Å²) in [6, 6.07) is 6.24. The lowest BCUT2D eigenvalue weighted by molar-refractivity contribution is 0.218. The third-order valence-electron chi connectivity index (χ3n) is 3.24. The van der Waals surface area contributed by atoms with Crippen LogP contribution in [0.2, 0.25) is 5.02 Å². The highest BCUT2D eigenvalue weighted by Crippen LogP contribution is 2.30. The van der Waals surface area contributed by atoms with E-state index in [1.54, 1.807) is 0 Å². The molecule has 1 saturated heterocycles. The molecule has 1 atom stereocenters. The van der Waals surface area contributed by atoms with E-state index in [4.69, 9.17) is 17.3 Å². The van der Waals surface area contributed by atoms with E-state index in [2.05, 4.69) is 26.9 Å². The summed E-state index contributed by atoms with van der Waals surface area (Å²) in [5.74, 6) is 2.43. The Morgan fingerprint density at radius 1 is 1.39 bits per heavy atom. The monoisotopic (exact) mass is 348 g/mol. The van der Waals surface area contributed by atoms with Gasteiger partial charge in [0, 0.05) is 34.4 Å². The first-order valence-electron chi connectivity index (χ1n) is 6.19. The summed E-state index contributed by atoms with van der Waals surface area (Å²) >= 11 is 11.9. The van der Waals surface area contributed by atoms with Gasteiger partial charge in [0.1, 0.15) is 0 Å². The Bertz CT molecular complexity index is 395. The standard InChI is InChI=1S/C13H18BrClN2S/c14-10-2-3-12(15)11(8-10)13(9-16)17-4-1-6-18-7-5-17/h2-3,8,13H,1,4-7,9,16H2. The predicted molar refractivity (Wildman–Crippen MR) is 84.5 cm³/mol. The average molecular weight is 350 g/mol. The summed E-state index contributed by atoms with van der Waals surface area (Å²) in [5, 5.41) is 0.811. The first-order chi connectivity index (χ1) is 8.72. The Kier molecular flexibility index (Phi) is 5.83. The quantitative estimate of drug-likeness (QED) is 0.905. The minimum absolute atomic E-state index is 0.230. The summed E-state index contributed by atoms with van der Waals surface area (Å²) in [6.07, 6.45) is 1.23. The molecule has 1 aromatic carbocycles. The molecule has 18 heavy (non-hydrogen) atoms. The molecule has 0 spiro atoms. The number of halogens is 2. The number of hydrogen-bond donors (Lipinski definition) is 1. The molecule has 5 heteroatoms. The van der Waals surface area contributed by atoms with Crippen LogP contribution in [0.1, 0.15) is 18.0 Å². The van der Waals surface area contributed by atoms with Crippen molar-refractivity contribution in [3.8, 4) is 0 Å². The largest absolute Gasteiger partial charge is 0.329 e. The molecular formula is C13H18BrClN2S. The molecular weight excluding hydrogens is 332 g/mol. The first-order valence-corrected chi connectivity index (χ1v) is 8.51. The lowest BCUT2D eigenvalue weighted by atomic mass is 10.0. The highest BCUT2D eigenvalue weighted by Gasteiger charge is 2.22. The Morgan fingerprint density at radius 3 is 3.00 bits per heavy atom. The van der Waals surface area contributed by atoms with Crippen LogP contribution in [-0.2, 0) is 0 Å². The van der Waals surface area contributed by atoms with E-state index < -0.39 is 0 Å². The summed E-state index contributed by atoms with van der Waals surface area (Å²) in [6.45, 7) is 2.81. The molecule has 0 aliphatic carbocycles. The summed E-state index contributed by atoms with van der Waals surface area (Å²) in [4.78, 5) is 2.47. The molecule has 2 rings (SSSR count). The van der Waals surface area contributed by atoms with Crippen molar-refractivity contribution in [2.45, 2.75) is 12.5 Å². The zero-order chi connectivity index (χ0) is 13.0. The van der Waals surface area contributed by atoms with Gasteiger partial charge in [0.15, 0.2) is 0 Å². The fourth-order valence-electron chi connectivity index (χ4n) is 2.32. The SMILES string of the molecule is NCC(c1cc(Br)ccc1Cl)N1CCCSCC1. The van der Waals surface area contributed by atoms with Crippen molar-refractivity contribution in [3.05, 3.63) is 33.3 Å². The minimum atomic E-state index is 0.230. The summed E-state index contributed by atoms with van der Waals surface area (Å²) in [5.41, 5.74) is 7.12.